The van der Waals surface area contributed by atoms with Crippen LogP contribution in [0.2, 0.25) is 0 Å². The number of unbranched alkanes of at least 4 members (excludes halogenated alkanes) is 1. The number of aromatic hydroxyl groups is 1. The summed E-state index contributed by atoms with van der Waals surface area (Å²) in [5.41, 5.74) is 13.0. The van der Waals surface area contributed by atoms with Crippen molar-refractivity contribution in [3.63, 3.8) is 0 Å². The van der Waals surface area contributed by atoms with Gasteiger partial charge < -0.3 is 79.1 Å². The quantitative estimate of drug-likeness (QED) is 0.0792. The lowest BCUT2D eigenvalue weighted by Gasteiger charge is -2.37. The van der Waals surface area contributed by atoms with Gasteiger partial charge in [-0.2, -0.15) is 23.5 Å². The Hall–Kier alpha value is -8.77. The Morgan fingerprint density at radius 3 is 2.18 bits per heavy atom. The summed E-state index contributed by atoms with van der Waals surface area (Å²) < 4.78 is 14.7. The van der Waals surface area contributed by atoms with Crippen LogP contribution in [0.25, 0.3) is 10.9 Å². The van der Waals surface area contributed by atoms with Gasteiger partial charge >= 0.3 is 5.97 Å². The molecule has 486 valence electrons. The minimum absolute atomic E-state index is 0.0309. The summed E-state index contributed by atoms with van der Waals surface area (Å²) >= 11 is 2.74. The monoisotopic (exact) mass is 1290 g/mol. The number of hydrogen-bond acceptors (Lipinski definition) is 16. The Kier molecular flexibility index (Phi) is 26.3. The van der Waals surface area contributed by atoms with Crippen molar-refractivity contribution in [2.75, 3.05) is 42.6 Å². The van der Waals surface area contributed by atoms with Crippen molar-refractivity contribution >= 4 is 99.5 Å². The zero-order chi connectivity index (χ0) is 65.7. The van der Waals surface area contributed by atoms with Crippen molar-refractivity contribution in [1.82, 2.24) is 62.4 Å². The van der Waals surface area contributed by atoms with Crippen LogP contribution in [0.3, 0.4) is 0 Å². The van der Waals surface area contributed by atoms with Crippen LogP contribution >= 0.6 is 23.5 Å². The molecule has 1 fully saturated rings. The number of hydrogen-bond donors (Lipinski definition) is 14. The third kappa shape index (κ3) is 20.9. The van der Waals surface area contributed by atoms with Gasteiger partial charge in [-0.25, -0.2) is 9.37 Å². The number of carbonyl (C=O) groups is 11. The summed E-state index contributed by atoms with van der Waals surface area (Å²) in [5, 5.41) is 41.1. The number of carboxylic acids is 1. The molecule has 6 rings (SSSR count). The van der Waals surface area contributed by atoms with E-state index in [-0.39, 0.29) is 55.8 Å². The maximum absolute atomic E-state index is 15.0. The fourth-order valence-corrected chi connectivity index (χ4v) is 12.0. The van der Waals surface area contributed by atoms with Gasteiger partial charge in [0, 0.05) is 84.2 Å². The highest BCUT2D eigenvalue weighted by Crippen LogP contribution is 2.31. The van der Waals surface area contributed by atoms with Gasteiger partial charge in [0.05, 0.1) is 19.3 Å². The first kappa shape index (κ1) is 70.3. The number of nitrogens with one attached hydrogen (secondary N) is 10. The summed E-state index contributed by atoms with van der Waals surface area (Å²) in [6, 6.07) is -0.854. The van der Waals surface area contributed by atoms with Crippen LogP contribution in [0.1, 0.15) is 82.5 Å². The SMILES string of the molecule is C=C1/C=C(\C)CSC[C@@H](C(N)=O)NC(=O)[C@]2(C)CCCN2C(=O)[C@H](Cc2ccc(O)cc2)NC(=O)[C@H](Cc2cnc[nH]2)NC(=O)[C@H](CC(=O)O)NC(=O)[C@H](Cc2c[nH]c3ccc(F)cc23)NC(=O)[C@@H](C)NC(=O)CNC(=O)[C@H](CCCCN)NC(=O)CCSC1. The van der Waals surface area contributed by atoms with Crippen molar-refractivity contribution < 1.29 is 67.3 Å². The fourth-order valence-electron chi connectivity index (χ4n) is 10.2. The third-order valence-corrected chi connectivity index (χ3v) is 17.4. The first-order valence-electron chi connectivity index (χ1n) is 29.3. The number of carbonyl (C=O) groups excluding carboxylic acids is 10. The Balaban J connectivity index is 1.33. The minimum atomic E-state index is -1.97. The van der Waals surface area contributed by atoms with Crippen LogP contribution in [-0.2, 0) is 72.0 Å². The lowest BCUT2D eigenvalue weighted by molar-refractivity contribution is -0.147. The van der Waals surface area contributed by atoms with Crippen LogP contribution in [0, 0.1) is 5.82 Å². The van der Waals surface area contributed by atoms with E-state index in [1.165, 1.54) is 103 Å². The van der Waals surface area contributed by atoms with Gasteiger partial charge in [0.25, 0.3) is 0 Å². The molecular formula is C60H79FN14O13S2. The number of imidazole rings is 1. The number of H-pyrrole nitrogens is 2. The second kappa shape index (κ2) is 33.7. The highest BCUT2D eigenvalue weighted by molar-refractivity contribution is 7.99. The number of phenols is 1. The molecule has 10 amide bonds. The van der Waals surface area contributed by atoms with Crippen LogP contribution < -0.4 is 54.0 Å². The van der Waals surface area contributed by atoms with E-state index in [4.69, 9.17) is 11.5 Å². The van der Waals surface area contributed by atoms with Crippen molar-refractivity contribution in [3.05, 3.63) is 108 Å². The molecule has 0 radical (unpaired) electrons. The van der Waals surface area contributed by atoms with Gasteiger partial charge in [0.15, 0.2) is 0 Å². The molecule has 0 unspecified atom stereocenters. The van der Waals surface area contributed by atoms with Gasteiger partial charge in [-0.1, -0.05) is 30.4 Å². The number of nitrogens with zero attached hydrogens (tertiary/aromatic N) is 2. The average molecular weight is 1290 g/mol. The molecule has 2 aliphatic heterocycles. The topological polar surface area (TPSA) is 424 Å². The molecule has 1 saturated heterocycles. The molecule has 4 heterocycles. The van der Waals surface area contributed by atoms with E-state index < -0.39 is 138 Å². The van der Waals surface area contributed by atoms with Crippen molar-refractivity contribution in [3.8, 4) is 5.75 Å². The Bertz CT molecular complexity index is 3290. The fraction of sp³-hybridized carbons (Fsp3) is 0.467. The second-order valence-electron chi connectivity index (χ2n) is 22.4. The number of fused-ring (bicyclic) bond motifs is 2. The van der Waals surface area contributed by atoms with E-state index >= 15 is 4.79 Å². The summed E-state index contributed by atoms with van der Waals surface area (Å²) in [5.74, 6) is -9.59. The lowest BCUT2D eigenvalue weighted by Crippen LogP contribution is -2.63. The number of thioether (sulfide) groups is 2. The van der Waals surface area contributed by atoms with Gasteiger partial charge in [-0.05, 0) is 106 Å². The molecule has 30 heteroatoms. The molecular weight excluding hydrogens is 1210 g/mol. The molecule has 2 aliphatic rings. The number of aromatic nitrogens is 3. The maximum Gasteiger partial charge on any atom is 0.305 e. The zero-order valence-corrected chi connectivity index (χ0v) is 51.9. The van der Waals surface area contributed by atoms with E-state index in [0.29, 0.717) is 65.1 Å². The number of halogens is 1. The Labute approximate surface area is 527 Å². The molecule has 90 heavy (non-hydrogen) atoms. The average Bonchev–Trinajstić information content (AvgIpc) is 1.71. The van der Waals surface area contributed by atoms with Gasteiger partial charge in [0.2, 0.25) is 59.1 Å². The summed E-state index contributed by atoms with van der Waals surface area (Å²) in [4.78, 5) is 164. The predicted molar refractivity (Wildman–Crippen MR) is 334 cm³/mol. The first-order chi connectivity index (χ1) is 42.8. The number of benzene rings is 2. The van der Waals surface area contributed by atoms with Crippen LogP contribution in [-0.4, -0.2) is 186 Å². The predicted octanol–water partition coefficient (Wildman–Crippen LogP) is 0.136. The van der Waals surface area contributed by atoms with Gasteiger partial charge in [-0.15, -0.1) is 0 Å². The number of nitrogens with two attached hydrogens (primary N) is 2. The van der Waals surface area contributed by atoms with Crippen molar-refractivity contribution in [2.24, 2.45) is 11.5 Å². The number of allylic oxidation sites excluding steroid dienone is 1. The maximum atomic E-state index is 15.0. The van der Waals surface area contributed by atoms with Gasteiger partial charge in [-0.3, -0.25) is 52.7 Å². The van der Waals surface area contributed by atoms with E-state index in [9.17, 15) is 62.5 Å². The minimum Gasteiger partial charge on any atom is -0.508 e. The van der Waals surface area contributed by atoms with Crippen LogP contribution in [0.15, 0.2) is 85.0 Å². The summed E-state index contributed by atoms with van der Waals surface area (Å²) in [6.45, 7) is 8.50. The lowest BCUT2D eigenvalue weighted by atomic mass is 9.95. The first-order valence-corrected chi connectivity index (χ1v) is 31.6. The number of rotatable bonds is 13. The molecule has 16 N–H and O–H groups in total. The molecule has 0 spiro atoms. The third-order valence-electron chi connectivity index (χ3n) is 15.1. The second-order valence-corrected chi connectivity index (χ2v) is 24.5. The smallest absolute Gasteiger partial charge is 0.305 e. The number of aromatic amines is 2. The molecule has 2 aromatic heterocycles. The number of amides is 10. The number of aliphatic carboxylic acids is 1. The normalized spacial score (nSPS) is 25.0. The standard InChI is InChI=1S/C60H79FN14O13S2/c1-33-20-34(2)30-90-31-48(52(63)81)74-59(88)60(4)16-7-18-75(60)58(87)47(21-36-9-12-40(76)13-10-36)73-56(85)45(24-39-27-64-32-67-39)71-57(86)46(25-51(79)80)72-55(84)44(22-37-26-65-42-14-11-38(61)23-41(37)42)70-53(82)35(3)68-50(78)28-66-54(83)43(8-5-6-17-62)69-49(77)15-19-89-29-33/h9-14,20,23,26-27,32,35,43-48,65,76H,1,5-8,15-19,21-22,24-25,28-31,62H2,2-4H3,(H2,63,81)(H,64,67)(H,66,83)(H,68,78)(H,69,77)(H,70,82)(H,71,86)(H,72,84)(H,73,85)(H,74,88)(H,79,80)/b34-20+/t35-,43+,44+,45+,46+,47+,48+,60+/m1/s1. The van der Waals surface area contributed by atoms with Crippen molar-refractivity contribution in [1.29, 1.82) is 0 Å². The Morgan fingerprint density at radius 2 is 1.49 bits per heavy atom. The molecule has 0 saturated carbocycles. The van der Waals surface area contributed by atoms with Crippen LogP contribution in [0.5, 0.6) is 5.75 Å². The highest BCUT2D eigenvalue weighted by atomic mass is 32.2. The molecule has 27 nitrogen and oxygen atoms in total. The largest absolute Gasteiger partial charge is 0.508 e. The van der Waals surface area contributed by atoms with Gasteiger partial charge in [0.1, 0.15) is 59.4 Å². The highest BCUT2D eigenvalue weighted by Gasteiger charge is 2.48. The molecule has 0 aliphatic carbocycles. The van der Waals surface area contributed by atoms with Crippen molar-refractivity contribution in [2.45, 2.75) is 133 Å². The molecule has 8 atom stereocenters. The van der Waals surface area contributed by atoms with Crippen LogP contribution in [0.4, 0.5) is 4.39 Å². The summed E-state index contributed by atoms with van der Waals surface area (Å²) in [6.07, 6.45) is 5.60. The number of phenolic OH excluding ortho intramolecular Hbond substituents is 1. The number of primary amides is 1. The summed E-state index contributed by atoms with van der Waals surface area (Å²) in [7, 11) is 0. The van der Waals surface area contributed by atoms with E-state index in [0.717, 1.165) is 11.1 Å². The molecule has 2 aromatic carbocycles. The Morgan fingerprint density at radius 1 is 0.800 bits per heavy atom. The number of carboxylic acid groups (broad SMARTS) is 1. The molecule has 0 bridgehead atoms. The van der Waals surface area contributed by atoms with E-state index in [2.05, 4.69) is 64.1 Å². The molecule has 4 aromatic rings. The van der Waals surface area contributed by atoms with E-state index in [1.54, 1.807) is 0 Å². The van der Waals surface area contributed by atoms with E-state index in [1.807, 2.05) is 13.0 Å². The zero-order valence-electron chi connectivity index (χ0n) is 50.2.